The summed E-state index contributed by atoms with van der Waals surface area (Å²) in [6.45, 7) is 0.688. The van der Waals surface area contributed by atoms with E-state index in [-0.39, 0.29) is 5.69 Å². The summed E-state index contributed by atoms with van der Waals surface area (Å²) < 4.78 is 51.8. The maximum Gasteiger partial charge on any atom is 0.418 e. The van der Waals surface area contributed by atoms with Gasteiger partial charge in [-0.1, -0.05) is 12.1 Å². The van der Waals surface area contributed by atoms with Gasteiger partial charge in [-0.15, -0.1) is 0 Å². The molecule has 0 aromatic heterocycles. The van der Waals surface area contributed by atoms with Crippen LogP contribution in [0.15, 0.2) is 48.5 Å². The normalized spacial score (nSPS) is 11.1. The Morgan fingerprint density at radius 1 is 1.04 bits per heavy atom. The molecule has 0 aliphatic rings. The quantitative estimate of drug-likeness (QED) is 0.849. The molecular weight excluding hydrogens is 340 g/mol. The molecule has 0 saturated heterocycles. The van der Waals surface area contributed by atoms with Crippen molar-refractivity contribution in [3.63, 3.8) is 0 Å². The highest BCUT2D eigenvalue weighted by Gasteiger charge is 2.33. The number of amides is 2. The van der Waals surface area contributed by atoms with Gasteiger partial charge in [-0.2, -0.15) is 13.2 Å². The van der Waals surface area contributed by atoms with E-state index in [2.05, 4.69) is 5.32 Å². The van der Waals surface area contributed by atoms with Crippen LogP contribution < -0.4 is 10.2 Å². The Bertz CT molecular complexity index is 773. The fourth-order valence-electron chi connectivity index (χ4n) is 2.18. The molecule has 0 atom stereocenters. The van der Waals surface area contributed by atoms with Gasteiger partial charge in [0.2, 0.25) is 11.8 Å². The molecule has 2 aromatic carbocycles. The zero-order valence-corrected chi connectivity index (χ0v) is 13.1. The van der Waals surface area contributed by atoms with Crippen LogP contribution in [-0.2, 0) is 15.8 Å². The highest BCUT2D eigenvalue weighted by Crippen LogP contribution is 2.34. The van der Waals surface area contributed by atoms with E-state index in [9.17, 15) is 27.2 Å². The number of alkyl halides is 3. The van der Waals surface area contributed by atoms with Crippen molar-refractivity contribution in [3.8, 4) is 0 Å². The van der Waals surface area contributed by atoms with Crippen molar-refractivity contribution in [2.75, 3.05) is 16.8 Å². The highest BCUT2D eigenvalue weighted by molar-refractivity contribution is 6.02. The maximum atomic E-state index is 13.0. The Labute approximate surface area is 141 Å². The lowest BCUT2D eigenvalue weighted by Gasteiger charge is -2.21. The average molecular weight is 354 g/mol. The van der Waals surface area contributed by atoms with E-state index in [0.717, 1.165) is 29.2 Å². The first-order valence-electron chi connectivity index (χ1n) is 7.18. The molecule has 0 aliphatic heterocycles. The van der Waals surface area contributed by atoms with E-state index >= 15 is 0 Å². The van der Waals surface area contributed by atoms with E-state index < -0.39 is 41.6 Å². The first kappa shape index (κ1) is 18.4. The van der Waals surface area contributed by atoms with Gasteiger partial charge in [0.1, 0.15) is 12.4 Å². The van der Waals surface area contributed by atoms with Crippen LogP contribution in [0.4, 0.5) is 28.9 Å². The Kier molecular flexibility index (Phi) is 5.41. The van der Waals surface area contributed by atoms with E-state index in [1.807, 2.05) is 0 Å². The molecule has 2 rings (SSSR count). The second-order valence-electron chi connectivity index (χ2n) is 5.17. The van der Waals surface area contributed by atoms with E-state index in [4.69, 9.17) is 0 Å². The monoisotopic (exact) mass is 354 g/mol. The fraction of sp³-hybridized carbons (Fsp3) is 0.176. The van der Waals surface area contributed by atoms with E-state index in [1.165, 1.54) is 31.2 Å². The lowest BCUT2D eigenvalue weighted by atomic mass is 10.1. The minimum atomic E-state index is -4.62. The van der Waals surface area contributed by atoms with Gasteiger partial charge in [-0.05, 0) is 36.4 Å². The summed E-state index contributed by atoms with van der Waals surface area (Å²) in [4.78, 5) is 24.8. The number of para-hydroxylation sites is 1. The largest absolute Gasteiger partial charge is 0.418 e. The summed E-state index contributed by atoms with van der Waals surface area (Å²) >= 11 is 0. The van der Waals surface area contributed by atoms with Crippen molar-refractivity contribution in [3.05, 3.63) is 59.9 Å². The molecule has 0 aliphatic carbocycles. The molecule has 8 heteroatoms. The molecule has 0 spiro atoms. The van der Waals surface area contributed by atoms with Crippen LogP contribution in [0.5, 0.6) is 0 Å². The number of anilines is 2. The van der Waals surface area contributed by atoms with Crippen LogP contribution in [0, 0.1) is 5.82 Å². The van der Waals surface area contributed by atoms with Crippen molar-refractivity contribution >= 4 is 23.2 Å². The van der Waals surface area contributed by atoms with Crippen LogP contribution >= 0.6 is 0 Å². The van der Waals surface area contributed by atoms with Crippen molar-refractivity contribution in [2.45, 2.75) is 13.1 Å². The van der Waals surface area contributed by atoms with E-state index in [1.54, 1.807) is 0 Å². The molecule has 0 fully saturated rings. The average Bonchev–Trinajstić information content (AvgIpc) is 2.53. The Balaban J connectivity index is 2.18. The molecule has 2 amide bonds. The van der Waals surface area contributed by atoms with Gasteiger partial charge in [0.05, 0.1) is 11.3 Å². The number of halogens is 4. The fourth-order valence-corrected chi connectivity index (χ4v) is 2.18. The third-order valence-electron chi connectivity index (χ3n) is 3.33. The number of carbonyl (C=O) groups excluding carboxylic acids is 2. The van der Waals surface area contributed by atoms with Gasteiger partial charge in [0.25, 0.3) is 0 Å². The minimum absolute atomic E-state index is 0.258. The zero-order chi connectivity index (χ0) is 18.6. The SMILES string of the molecule is CC(=O)N(CC(=O)Nc1ccccc1C(F)(F)F)c1ccc(F)cc1. The van der Waals surface area contributed by atoms with Crippen molar-refractivity contribution in [1.82, 2.24) is 0 Å². The van der Waals surface area contributed by atoms with Crippen LogP contribution in [0.2, 0.25) is 0 Å². The molecule has 25 heavy (non-hydrogen) atoms. The van der Waals surface area contributed by atoms with Gasteiger partial charge < -0.3 is 10.2 Å². The third kappa shape index (κ3) is 4.79. The van der Waals surface area contributed by atoms with Crippen molar-refractivity contribution < 1.29 is 27.2 Å². The summed E-state index contributed by atoms with van der Waals surface area (Å²) in [5.74, 6) is -1.84. The molecule has 0 bridgehead atoms. The number of hydrogen-bond acceptors (Lipinski definition) is 2. The first-order chi connectivity index (χ1) is 11.7. The van der Waals surface area contributed by atoms with Gasteiger partial charge in [0, 0.05) is 12.6 Å². The molecule has 2 aromatic rings. The molecule has 0 heterocycles. The van der Waals surface area contributed by atoms with Crippen LogP contribution in [0.1, 0.15) is 12.5 Å². The second kappa shape index (κ2) is 7.33. The number of nitrogens with one attached hydrogen (secondary N) is 1. The first-order valence-corrected chi connectivity index (χ1v) is 7.18. The summed E-state index contributed by atoms with van der Waals surface area (Å²) in [7, 11) is 0. The lowest BCUT2D eigenvalue weighted by molar-refractivity contribution is -0.137. The maximum absolute atomic E-state index is 13.0. The second-order valence-corrected chi connectivity index (χ2v) is 5.17. The Morgan fingerprint density at radius 2 is 1.64 bits per heavy atom. The van der Waals surface area contributed by atoms with Gasteiger partial charge >= 0.3 is 6.18 Å². The third-order valence-corrected chi connectivity index (χ3v) is 3.33. The standard InChI is InChI=1S/C17H14F4N2O2/c1-11(24)23(13-8-6-12(18)7-9-13)10-16(25)22-15-5-3-2-4-14(15)17(19,20)21/h2-9H,10H2,1H3,(H,22,25). The topological polar surface area (TPSA) is 49.4 Å². The molecule has 132 valence electrons. The smallest absolute Gasteiger partial charge is 0.324 e. The minimum Gasteiger partial charge on any atom is -0.324 e. The predicted molar refractivity (Wildman–Crippen MR) is 84.5 cm³/mol. The predicted octanol–water partition coefficient (Wildman–Crippen LogP) is 3.84. The number of carbonyl (C=O) groups is 2. The summed E-state index contributed by atoms with van der Waals surface area (Å²) in [6.07, 6.45) is -4.62. The van der Waals surface area contributed by atoms with Crippen molar-refractivity contribution in [1.29, 1.82) is 0 Å². The Hall–Kier alpha value is -2.90. The van der Waals surface area contributed by atoms with Crippen LogP contribution in [0.25, 0.3) is 0 Å². The summed E-state index contributed by atoms with van der Waals surface area (Å²) in [5, 5.41) is 2.16. The number of hydrogen-bond donors (Lipinski definition) is 1. The zero-order valence-electron chi connectivity index (χ0n) is 13.1. The van der Waals surface area contributed by atoms with Crippen molar-refractivity contribution in [2.24, 2.45) is 0 Å². The van der Waals surface area contributed by atoms with Gasteiger partial charge in [0.15, 0.2) is 0 Å². The molecule has 0 radical (unpaired) electrons. The summed E-state index contributed by atoms with van der Waals surface area (Å²) in [5.41, 5.74) is -1.13. The van der Waals surface area contributed by atoms with Crippen LogP contribution in [-0.4, -0.2) is 18.4 Å². The van der Waals surface area contributed by atoms with Gasteiger partial charge in [-0.25, -0.2) is 4.39 Å². The lowest BCUT2D eigenvalue weighted by Crippen LogP contribution is -2.37. The molecule has 0 saturated carbocycles. The highest BCUT2D eigenvalue weighted by atomic mass is 19.4. The number of rotatable bonds is 4. The molecular formula is C17H14F4N2O2. The van der Waals surface area contributed by atoms with Gasteiger partial charge in [-0.3, -0.25) is 9.59 Å². The number of nitrogens with zero attached hydrogens (tertiary/aromatic N) is 1. The molecule has 4 nitrogen and oxygen atoms in total. The van der Waals surface area contributed by atoms with Crippen LogP contribution in [0.3, 0.4) is 0 Å². The summed E-state index contributed by atoms with van der Waals surface area (Å²) in [6, 6.07) is 9.35. The number of benzene rings is 2. The van der Waals surface area contributed by atoms with E-state index in [0.29, 0.717) is 0 Å². The molecule has 1 N–H and O–H groups in total. The molecule has 0 unspecified atom stereocenters. The Morgan fingerprint density at radius 3 is 2.20 bits per heavy atom.